The number of aromatic nitrogens is 2. The molecule has 122 valence electrons. The molecule has 1 atom stereocenters. The van der Waals surface area contributed by atoms with Gasteiger partial charge in [-0.1, -0.05) is 42.5 Å². The number of carbonyl (C=O) groups excluding carboxylic acids is 1. The van der Waals surface area contributed by atoms with Crippen molar-refractivity contribution in [2.24, 2.45) is 0 Å². The average molecular weight is 322 g/mol. The summed E-state index contributed by atoms with van der Waals surface area (Å²) in [6.45, 7) is 0.142. The van der Waals surface area contributed by atoms with Crippen LogP contribution in [0.5, 0.6) is 0 Å². The Balaban J connectivity index is 1.51. The lowest BCUT2D eigenvalue weighted by Crippen LogP contribution is -2.32. The smallest absolute Gasteiger partial charge is 0.319 e. The van der Waals surface area contributed by atoms with E-state index in [2.05, 4.69) is 20.8 Å². The summed E-state index contributed by atoms with van der Waals surface area (Å²) in [5.41, 5.74) is 3.43. The zero-order valence-corrected chi connectivity index (χ0v) is 12.9. The van der Waals surface area contributed by atoms with E-state index in [4.69, 9.17) is 0 Å². The summed E-state index contributed by atoms with van der Waals surface area (Å²) in [6, 6.07) is 16.3. The molecule has 0 spiro atoms. The van der Waals surface area contributed by atoms with Crippen molar-refractivity contribution in [1.82, 2.24) is 15.5 Å². The van der Waals surface area contributed by atoms with Gasteiger partial charge >= 0.3 is 6.03 Å². The van der Waals surface area contributed by atoms with Gasteiger partial charge in [-0.25, -0.2) is 4.79 Å². The van der Waals surface area contributed by atoms with Crippen molar-refractivity contribution in [3.8, 4) is 11.1 Å². The molecule has 0 aliphatic heterocycles. The molecule has 2 amide bonds. The second-order valence-electron chi connectivity index (χ2n) is 5.33. The third-order valence-electron chi connectivity index (χ3n) is 3.61. The summed E-state index contributed by atoms with van der Waals surface area (Å²) in [7, 11) is 0. The minimum atomic E-state index is -0.736. The summed E-state index contributed by atoms with van der Waals surface area (Å²) < 4.78 is 0. The SMILES string of the molecule is O=C(NCC(O)c1ccccc1)Nc1ccc(-c2cn[nH]c2)cc1. The van der Waals surface area contributed by atoms with E-state index in [-0.39, 0.29) is 12.6 Å². The molecule has 6 nitrogen and oxygen atoms in total. The van der Waals surface area contributed by atoms with Gasteiger partial charge in [-0.2, -0.15) is 5.10 Å². The third kappa shape index (κ3) is 3.99. The van der Waals surface area contributed by atoms with Crippen LogP contribution in [0.25, 0.3) is 11.1 Å². The minimum absolute atomic E-state index is 0.142. The maximum Gasteiger partial charge on any atom is 0.319 e. The van der Waals surface area contributed by atoms with E-state index in [1.807, 2.05) is 54.6 Å². The summed E-state index contributed by atoms with van der Waals surface area (Å²) in [6.07, 6.45) is 2.81. The number of hydrogen-bond donors (Lipinski definition) is 4. The van der Waals surface area contributed by atoms with Crippen LogP contribution in [-0.2, 0) is 0 Å². The first-order valence-corrected chi connectivity index (χ1v) is 7.59. The fourth-order valence-corrected chi connectivity index (χ4v) is 2.31. The minimum Gasteiger partial charge on any atom is -0.387 e. The fourth-order valence-electron chi connectivity index (χ4n) is 2.31. The second-order valence-corrected chi connectivity index (χ2v) is 5.33. The number of urea groups is 1. The molecule has 4 N–H and O–H groups in total. The summed E-state index contributed by atoms with van der Waals surface area (Å²) in [5, 5.41) is 22.1. The van der Waals surface area contributed by atoms with E-state index in [0.29, 0.717) is 5.69 Å². The number of anilines is 1. The van der Waals surface area contributed by atoms with Gasteiger partial charge in [-0.15, -0.1) is 0 Å². The average Bonchev–Trinajstić information content (AvgIpc) is 3.16. The van der Waals surface area contributed by atoms with Crippen molar-refractivity contribution >= 4 is 11.7 Å². The van der Waals surface area contributed by atoms with Gasteiger partial charge < -0.3 is 15.7 Å². The second kappa shape index (κ2) is 7.43. The number of aliphatic hydroxyl groups excluding tert-OH is 1. The first kappa shape index (κ1) is 15.8. The molecular weight excluding hydrogens is 304 g/mol. The largest absolute Gasteiger partial charge is 0.387 e. The monoisotopic (exact) mass is 322 g/mol. The predicted octanol–water partition coefficient (Wildman–Crippen LogP) is 2.93. The van der Waals surface area contributed by atoms with Crippen LogP contribution >= 0.6 is 0 Å². The highest BCUT2D eigenvalue weighted by molar-refractivity contribution is 5.89. The lowest BCUT2D eigenvalue weighted by molar-refractivity contribution is 0.175. The van der Waals surface area contributed by atoms with Crippen LogP contribution in [0.1, 0.15) is 11.7 Å². The number of carbonyl (C=O) groups is 1. The van der Waals surface area contributed by atoms with E-state index in [0.717, 1.165) is 16.7 Å². The van der Waals surface area contributed by atoms with Gasteiger partial charge in [-0.3, -0.25) is 5.10 Å². The fraction of sp³-hybridized carbons (Fsp3) is 0.111. The Kier molecular flexibility index (Phi) is 4.88. The van der Waals surface area contributed by atoms with E-state index in [1.165, 1.54) is 0 Å². The number of hydrogen-bond acceptors (Lipinski definition) is 3. The first-order chi connectivity index (χ1) is 11.7. The standard InChI is InChI=1S/C18H18N4O2/c23-17(14-4-2-1-3-5-14)12-19-18(24)22-16-8-6-13(7-9-16)15-10-20-21-11-15/h1-11,17,23H,12H2,(H,20,21)(H2,19,22,24). The highest BCUT2D eigenvalue weighted by Crippen LogP contribution is 2.20. The van der Waals surface area contributed by atoms with Crippen molar-refractivity contribution < 1.29 is 9.90 Å². The number of amides is 2. The van der Waals surface area contributed by atoms with Gasteiger partial charge in [0.2, 0.25) is 0 Å². The topological polar surface area (TPSA) is 90.0 Å². The van der Waals surface area contributed by atoms with Gasteiger partial charge in [0.1, 0.15) is 0 Å². The lowest BCUT2D eigenvalue weighted by atomic mass is 10.1. The van der Waals surface area contributed by atoms with Crippen LogP contribution in [0.15, 0.2) is 67.0 Å². The lowest BCUT2D eigenvalue weighted by Gasteiger charge is -2.13. The molecule has 2 aromatic carbocycles. The summed E-state index contributed by atoms with van der Waals surface area (Å²) in [5.74, 6) is 0. The number of H-pyrrole nitrogens is 1. The van der Waals surface area contributed by atoms with Crippen molar-refractivity contribution in [3.63, 3.8) is 0 Å². The van der Waals surface area contributed by atoms with E-state index < -0.39 is 6.10 Å². The van der Waals surface area contributed by atoms with Crippen LogP contribution in [0, 0.1) is 0 Å². The highest BCUT2D eigenvalue weighted by Gasteiger charge is 2.09. The molecule has 24 heavy (non-hydrogen) atoms. The Morgan fingerprint density at radius 2 is 1.83 bits per heavy atom. The molecule has 1 aromatic heterocycles. The Bertz CT molecular complexity index is 771. The maximum absolute atomic E-state index is 11.9. The molecular formula is C18H18N4O2. The zero-order chi connectivity index (χ0) is 16.8. The van der Waals surface area contributed by atoms with Gasteiger partial charge in [0.15, 0.2) is 0 Å². The molecule has 1 unspecified atom stereocenters. The third-order valence-corrected chi connectivity index (χ3v) is 3.61. The molecule has 0 fully saturated rings. The molecule has 6 heteroatoms. The van der Waals surface area contributed by atoms with Crippen LogP contribution in [-0.4, -0.2) is 27.9 Å². The van der Waals surface area contributed by atoms with Crippen molar-refractivity contribution in [2.45, 2.75) is 6.10 Å². The molecule has 0 bridgehead atoms. The highest BCUT2D eigenvalue weighted by atomic mass is 16.3. The van der Waals surface area contributed by atoms with E-state index >= 15 is 0 Å². The molecule has 0 aliphatic carbocycles. The quantitative estimate of drug-likeness (QED) is 0.582. The Labute approximate surface area is 139 Å². The van der Waals surface area contributed by atoms with Crippen LogP contribution < -0.4 is 10.6 Å². The Morgan fingerprint density at radius 3 is 2.50 bits per heavy atom. The normalized spacial score (nSPS) is 11.7. The summed E-state index contributed by atoms with van der Waals surface area (Å²) >= 11 is 0. The number of rotatable bonds is 5. The predicted molar refractivity (Wildman–Crippen MR) is 92.4 cm³/mol. The molecule has 3 aromatic rings. The Morgan fingerprint density at radius 1 is 1.08 bits per heavy atom. The van der Waals surface area contributed by atoms with Crippen LogP contribution in [0.3, 0.4) is 0 Å². The van der Waals surface area contributed by atoms with Gasteiger partial charge in [0.25, 0.3) is 0 Å². The number of nitrogens with zero attached hydrogens (tertiary/aromatic N) is 1. The first-order valence-electron chi connectivity index (χ1n) is 7.59. The molecule has 0 radical (unpaired) electrons. The summed E-state index contributed by atoms with van der Waals surface area (Å²) in [4.78, 5) is 11.9. The maximum atomic E-state index is 11.9. The molecule has 0 saturated carbocycles. The molecule has 1 heterocycles. The van der Waals surface area contributed by atoms with Crippen molar-refractivity contribution in [2.75, 3.05) is 11.9 Å². The van der Waals surface area contributed by atoms with Gasteiger partial charge in [0, 0.05) is 24.0 Å². The van der Waals surface area contributed by atoms with Crippen LogP contribution in [0.2, 0.25) is 0 Å². The molecule has 3 rings (SSSR count). The van der Waals surface area contributed by atoms with E-state index in [1.54, 1.807) is 12.4 Å². The number of aliphatic hydroxyl groups is 1. The number of nitrogens with one attached hydrogen (secondary N) is 3. The molecule has 0 aliphatic rings. The van der Waals surface area contributed by atoms with Crippen molar-refractivity contribution in [1.29, 1.82) is 0 Å². The Hall–Kier alpha value is -3.12. The van der Waals surface area contributed by atoms with Crippen LogP contribution in [0.4, 0.5) is 10.5 Å². The van der Waals surface area contributed by atoms with Gasteiger partial charge in [-0.05, 0) is 23.3 Å². The van der Waals surface area contributed by atoms with E-state index in [9.17, 15) is 9.90 Å². The van der Waals surface area contributed by atoms with Gasteiger partial charge in [0.05, 0.1) is 12.3 Å². The zero-order valence-electron chi connectivity index (χ0n) is 12.9. The molecule has 0 saturated heterocycles. The number of benzene rings is 2. The van der Waals surface area contributed by atoms with Crippen molar-refractivity contribution in [3.05, 3.63) is 72.6 Å². The number of aromatic amines is 1.